The van der Waals surface area contributed by atoms with E-state index < -0.39 is 5.91 Å². The monoisotopic (exact) mass is 412 g/mol. The van der Waals surface area contributed by atoms with Gasteiger partial charge in [-0.1, -0.05) is 25.4 Å². The van der Waals surface area contributed by atoms with Crippen molar-refractivity contribution in [1.29, 1.82) is 5.26 Å². The summed E-state index contributed by atoms with van der Waals surface area (Å²) in [5.74, 6) is -0.282. The molecule has 2 N–H and O–H groups in total. The number of halogens is 1. The summed E-state index contributed by atoms with van der Waals surface area (Å²) in [6.45, 7) is 10.5. The quantitative estimate of drug-likeness (QED) is 0.521. The number of benzene rings is 1. The summed E-state index contributed by atoms with van der Waals surface area (Å²) in [7, 11) is 0. The minimum atomic E-state index is -0.546. The van der Waals surface area contributed by atoms with E-state index >= 15 is 0 Å². The number of carbonyl (C=O) groups excluding carboxylic acids is 2. The third-order valence-electron chi connectivity index (χ3n) is 4.36. The van der Waals surface area contributed by atoms with Crippen molar-refractivity contribution in [3.63, 3.8) is 0 Å². The molecule has 0 fully saturated rings. The first-order valence-corrected chi connectivity index (χ1v) is 9.67. The topological polar surface area (TPSA) is 86.9 Å². The van der Waals surface area contributed by atoms with E-state index in [0.717, 1.165) is 23.5 Å². The predicted molar refractivity (Wildman–Crippen MR) is 117 cm³/mol. The van der Waals surface area contributed by atoms with Crippen LogP contribution in [0.2, 0.25) is 5.02 Å². The number of carbonyl (C=O) groups is 2. The molecule has 7 heteroatoms. The van der Waals surface area contributed by atoms with E-state index in [-0.39, 0.29) is 16.5 Å². The summed E-state index contributed by atoms with van der Waals surface area (Å²) in [5.41, 5.74) is 3.79. The van der Waals surface area contributed by atoms with Crippen molar-refractivity contribution in [3.8, 4) is 6.07 Å². The number of hydrogen-bond donors (Lipinski definition) is 2. The van der Waals surface area contributed by atoms with Crippen molar-refractivity contribution in [3.05, 3.63) is 51.8 Å². The zero-order chi connectivity index (χ0) is 21.7. The molecule has 152 valence electrons. The van der Waals surface area contributed by atoms with Crippen molar-refractivity contribution in [2.75, 3.05) is 10.6 Å². The highest BCUT2D eigenvalue weighted by atomic mass is 35.5. The maximum absolute atomic E-state index is 12.6. The third kappa shape index (κ3) is 5.72. The normalized spacial score (nSPS) is 11.3. The molecule has 2 rings (SSSR count). The molecule has 2 aromatic rings. The molecular weight excluding hydrogens is 388 g/mol. The number of aryl methyl sites for hydroxylation is 1. The summed E-state index contributed by atoms with van der Waals surface area (Å²) in [6.07, 6.45) is 1.59. The fourth-order valence-corrected chi connectivity index (χ4v) is 3.24. The van der Waals surface area contributed by atoms with Crippen LogP contribution >= 0.6 is 11.6 Å². The SMILES string of the molecule is CC(=O)Nc1ccc(NC(=O)/C(C#N)=C/c2cc(C)n(CC(C)C)c2C)c(Cl)c1. The van der Waals surface area contributed by atoms with Gasteiger partial charge in [0.25, 0.3) is 5.91 Å². The predicted octanol–water partition coefficient (Wildman–Crippen LogP) is 4.92. The first-order valence-electron chi connectivity index (χ1n) is 9.29. The van der Waals surface area contributed by atoms with Crippen LogP contribution in [0.3, 0.4) is 0 Å². The Bertz CT molecular complexity index is 1010. The number of hydrogen-bond acceptors (Lipinski definition) is 3. The number of amides is 2. The van der Waals surface area contributed by atoms with Crippen molar-refractivity contribution in [2.24, 2.45) is 5.92 Å². The van der Waals surface area contributed by atoms with Gasteiger partial charge in [-0.15, -0.1) is 0 Å². The average molecular weight is 413 g/mol. The molecule has 0 spiro atoms. The lowest BCUT2D eigenvalue weighted by Crippen LogP contribution is -2.14. The highest BCUT2D eigenvalue weighted by Crippen LogP contribution is 2.26. The van der Waals surface area contributed by atoms with Crippen LogP contribution in [0.15, 0.2) is 29.8 Å². The Balaban J connectivity index is 2.26. The van der Waals surface area contributed by atoms with E-state index in [2.05, 4.69) is 29.0 Å². The summed E-state index contributed by atoms with van der Waals surface area (Å²) in [4.78, 5) is 23.7. The van der Waals surface area contributed by atoms with Crippen LogP contribution in [0, 0.1) is 31.1 Å². The van der Waals surface area contributed by atoms with Crippen LogP contribution in [-0.4, -0.2) is 16.4 Å². The molecule has 0 aliphatic rings. The second-order valence-electron chi connectivity index (χ2n) is 7.33. The molecular formula is C22H25ClN4O2. The van der Waals surface area contributed by atoms with E-state index in [9.17, 15) is 14.9 Å². The summed E-state index contributed by atoms with van der Waals surface area (Å²) >= 11 is 6.19. The maximum Gasteiger partial charge on any atom is 0.266 e. The van der Waals surface area contributed by atoms with E-state index in [1.165, 1.54) is 13.0 Å². The molecule has 0 saturated carbocycles. The van der Waals surface area contributed by atoms with Gasteiger partial charge < -0.3 is 15.2 Å². The smallest absolute Gasteiger partial charge is 0.266 e. The van der Waals surface area contributed by atoms with Crippen LogP contribution in [0.4, 0.5) is 11.4 Å². The number of anilines is 2. The highest BCUT2D eigenvalue weighted by Gasteiger charge is 2.15. The number of nitrogens with one attached hydrogen (secondary N) is 2. The molecule has 0 saturated heterocycles. The van der Waals surface area contributed by atoms with Gasteiger partial charge >= 0.3 is 0 Å². The number of nitriles is 1. The van der Waals surface area contributed by atoms with Gasteiger partial charge in [-0.3, -0.25) is 9.59 Å². The Morgan fingerprint density at radius 1 is 1.24 bits per heavy atom. The Labute approximate surface area is 176 Å². The molecule has 1 heterocycles. The molecule has 1 aromatic carbocycles. The van der Waals surface area contributed by atoms with E-state index in [1.54, 1.807) is 18.2 Å². The molecule has 29 heavy (non-hydrogen) atoms. The molecule has 6 nitrogen and oxygen atoms in total. The van der Waals surface area contributed by atoms with Crippen molar-refractivity contribution < 1.29 is 9.59 Å². The van der Waals surface area contributed by atoms with E-state index in [4.69, 9.17) is 11.6 Å². The van der Waals surface area contributed by atoms with E-state index in [1.807, 2.05) is 26.0 Å². The average Bonchev–Trinajstić information content (AvgIpc) is 2.88. The van der Waals surface area contributed by atoms with Gasteiger partial charge in [0.2, 0.25) is 5.91 Å². The van der Waals surface area contributed by atoms with Crippen molar-refractivity contribution in [1.82, 2.24) is 4.57 Å². The van der Waals surface area contributed by atoms with Crippen LogP contribution < -0.4 is 10.6 Å². The zero-order valence-electron chi connectivity index (χ0n) is 17.3. The van der Waals surface area contributed by atoms with Crippen LogP contribution in [0.5, 0.6) is 0 Å². The second-order valence-corrected chi connectivity index (χ2v) is 7.74. The third-order valence-corrected chi connectivity index (χ3v) is 4.68. The molecule has 1 aromatic heterocycles. The lowest BCUT2D eigenvalue weighted by molar-refractivity contribution is -0.114. The minimum absolute atomic E-state index is 0.0169. The number of rotatable bonds is 6. The van der Waals surface area contributed by atoms with Gasteiger partial charge in [0.15, 0.2) is 0 Å². The van der Waals surface area contributed by atoms with Gasteiger partial charge in [-0.2, -0.15) is 5.26 Å². The molecule has 0 aliphatic carbocycles. The second kappa shape index (κ2) is 9.44. The zero-order valence-corrected chi connectivity index (χ0v) is 18.0. The summed E-state index contributed by atoms with van der Waals surface area (Å²) < 4.78 is 2.18. The Morgan fingerprint density at radius 2 is 1.93 bits per heavy atom. The summed E-state index contributed by atoms with van der Waals surface area (Å²) in [5, 5.41) is 15.0. The first kappa shape index (κ1) is 22.3. The maximum atomic E-state index is 12.6. The minimum Gasteiger partial charge on any atom is -0.348 e. The van der Waals surface area contributed by atoms with Gasteiger partial charge in [-0.05, 0) is 55.7 Å². The van der Waals surface area contributed by atoms with E-state index in [0.29, 0.717) is 17.3 Å². The Morgan fingerprint density at radius 3 is 2.48 bits per heavy atom. The van der Waals surface area contributed by atoms with Crippen LogP contribution in [0.25, 0.3) is 6.08 Å². The van der Waals surface area contributed by atoms with Crippen LogP contribution in [0.1, 0.15) is 37.7 Å². The van der Waals surface area contributed by atoms with Gasteiger partial charge in [0, 0.05) is 30.5 Å². The highest BCUT2D eigenvalue weighted by molar-refractivity contribution is 6.34. The van der Waals surface area contributed by atoms with Crippen LogP contribution in [-0.2, 0) is 16.1 Å². The Kier molecular flexibility index (Phi) is 7.24. The lowest BCUT2D eigenvalue weighted by Gasteiger charge is -2.12. The van der Waals surface area contributed by atoms with Gasteiger partial charge in [-0.25, -0.2) is 0 Å². The molecule has 0 bridgehead atoms. The largest absolute Gasteiger partial charge is 0.348 e. The summed E-state index contributed by atoms with van der Waals surface area (Å²) in [6, 6.07) is 8.67. The van der Waals surface area contributed by atoms with Crippen molar-refractivity contribution in [2.45, 2.75) is 41.2 Å². The fourth-order valence-electron chi connectivity index (χ4n) is 3.01. The van der Waals surface area contributed by atoms with Crippen molar-refractivity contribution >= 4 is 40.9 Å². The van der Waals surface area contributed by atoms with Gasteiger partial charge in [0.05, 0.1) is 10.7 Å². The molecule has 0 radical (unpaired) electrons. The molecule has 0 unspecified atom stereocenters. The lowest BCUT2D eigenvalue weighted by atomic mass is 10.1. The molecule has 0 atom stereocenters. The Hall–Kier alpha value is -3.04. The molecule has 0 aliphatic heterocycles. The van der Waals surface area contributed by atoms with Gasteiger partial charge in [0.1, 0.15) is 11.6 Å². The number of nitrogens with zero attached hydrogens (tertiary/aromatic N) is 2. The fraction of sp³-hybridized carbons (Fsp3) is 0.318. The molecule has 2 amide bonds. The first-order chi connectivity index (χ1) is 13.6. The number of aromatic nitrogens is 1. The standard InChI is InChI=1S/C22H25ClN4O2/c1-13(2)12-27-14(3)8-17(15(27)4)9-18(11-24)22(29)26-21-7-6-19(10-20(21)23)25-16(5)28/h6-10,13H,12H2,1-5H3,(H,25,28)(H,26,29)/b18-9+.